The third-order valence-electron chi connectivity index (χ3n) is 4.90. The van der Waals surface area contributed by atoms with Crippen molar-refractivity contribution in [1.82, 2.24) is 0 Å². The summed E-state index contributed by atoms with van der Waals surface area (Å²) in [6.45, 7) is 5.56. The standard InChI is InChI=1S/C15H18O4/c1-7-9(16)4-5-15(3)6-10(17)11-8(2)14(18)19-13(11)12(7)15/h4-5,8,10-11,13,17H,6H2,1-3H3/t8-,10-,11+,13-,15+/m0/s1. The highest BCUT2D eigenvalue weighted by atomic mass is 16.6. The topological polar surface area (TPSA) is 63.6 Å². The Kier molecular flexibility index (Phi) is 2.52. The fourth-order valence-corrected chi connectivity index (χ4v) is 3.84. The number of carbonyl (C=O) groups excluding carboxylic acids is 2. The minimum atomic E-state index is -0.578. The number of carbonyl (C=O) groups is 2. The second-order valence-electron chi connectivity index (χ2n) is 6.15. The second-order valence-corrected chi connectivity index (χ2v) is 6.15. The van der Waals surface area contributed by atoms with Crippen LogP contribution in [0.2, 0.25) is 0 Å². The van der Waals surface area contributed by atoms with E-state index in [1.807, 2.05) is 13.0 Å². The highest BCUT2D eigenvalue weighted by Crippen LogP contribution is 2.52. The molecule has 5 atom stereocenters. The van der Waals surface area contributed by atoms with Crippen molar-refractivity contribution in [2.45, 2.75) is 39.4 Å². The predicted molar refractivity (Wildman–Crippen MR) is 68.1 cm³/mol. The average molecular weight is 262 g/mol. The number of esters is 1. The van der Waals surface area contributed by atoms with Crippen LogP contribution in [-0.4, -0.2) is 29.1 Å². The molecule has 1 N–H and O–H groups in total. The van der Waals surface area contributed by atoms with Crippen molar-refractivity contribution < 1.29 is 19.4 Å². The van der Waals surface area contributed by atoms with Gasteiger partial charge in [-0.3, -0.25) is 9.59 Å². The van der Waals surface area contributed by atoms with E-state index in [4.69, 9.17) is 4.74 Å². The van der Waals surface area contributed by atoms with Crippen LogP contribution in [-0.2, 0) is 14.3 Å². The lowest BCUT2D eigenvalue weighted by Crippen LogP contribution is -2.47. The predicted octanol–water partition coefficient (Wildman–Crippen LogP) is 1.39. The second kappa shape index (κ2) is 3.79. The summed E-state index contributed by atoms with van der Waals surface area (Å²) in [5.74, 6) is -0.852. The van der Waals surface area contributed by atoms with Crippen LogP contribution in [0.1, 0.15) is 27.2 Å². The number of ether oxygens (including phenoxy) is 1. The molecule has 2 aliphatic carbocycles. The summed E-state index contributed by atoms with van der Waals surface area (Å²) in [6.07, 6.45) is 2.90. The minimum Gasteiger partial charge on any atom is -0.457 e. The molecule has 0 aromatic heterocycles. The molecule has 2 fully saturated rings. The molecule has 0 aromatic rings. The Labute approximate surface area is 112 Å². The average Bonchev–Trinajstić information content (AvgIpc) is 2.61. The van der Waals surface area contributed by atoms with E-state index >= 15 is 0 Å². The molecular formula is C15H18O4. The summed E-state index contributed by atoms with van der Waals surface area (Å²) in [4.78, 5) is 23.7. The van der Waals surface area contributed by atoms with Crippen molar-refractivity contribution in [2.24, 2.45) is 17.3 Å². The lowest BCUT2D eigenvalue weighted by molar-refractivity contribution is -0.143. The molecular weight excluding hydrogens is 244 g/mol. The Bertz CT molecular complexity index is 530. The Morgan fingerprint density at radius 1 is 1.42 bits per heavy atom. The quantitative estimate of drug-likeness (QED) is 0.670. The molecule has 1 heterocycles. The van der Waals surface area contributed by atoms with Crippen LogP contribution in [0.5, 0.6) is 0 Å². The number of aliphatic hydroxyl groups excluding tert-OH is 1. The van der Waals surface area contributed by atoms with Crippen LogP contribution >= 0.6 is 0 Å². The number of hydrogen-bond donors (Lipinski definition) is 1. The Balaban J connectivity index is 2.14. The number of allylic oxidation sites excluding steroid dienone is 3. The smallest absolute Gasteiger partial charge is 0.309 e. The lowest BCUT2D eigenvalue weighted by atomic mass is 9.60. The summed E-state index contributed by atoms with van der Waals surface area (Å²) in [5.41, 5.74) is 1.16. The van der Waals surface area contributed by atoms with Gasteiger partial charge in [-0.15, -0.1) is 0 Å². The van der Waals surface area contributed by atoms with Gasteiger partial charge in [0.1, 0.15) is 6.10 Å². The van der Waals surface area contributed by atoms with Crippen molar-refractivity contribution in [3.63, 3.8) is 0 Å². The van der Waals surface area contributed by atoms with E-state index in [2.05, 4.69) is 0 Å². The van der Waals surface area contributed by atoms with Gasteiger partial charge in [0.15, 0.2) is 5.78 Å². The highest BCUT2D eigenvalue weighted by molar-refractivity contribution is 6.05. The van der Waals surface area contributed by atoms with Crippen LogP contribution in [0.15, 0.2) is 23.3 Å². The summed E-state index contributed by atoms with van der Waals surface area (Å²) in [6, 6.07) is 0. The molecule has 102 valence electrons. The molecule has 1 saturated carbocycles. The first-order valence-electron chi connectivity index (χ1n) is 6.68. The number of hydrogen-bond acceptors (Lipinski definition) is 4. The van der Waals surface area contributed by atoms with E-state index in [0.29, 0.717) is 12.0 Å². The molecule has 1 aliphatic heterocycles. The Morgan fingerprint density at radius 3 is 2.79 bits per heavy atom. The van der Waals surface area contributed by atoms with Gasteiger partial charge in [-0.2, -0.15) is 0 Å². The largest absolute Gasteiger partial charge is 0.457 e. The molecule has 0 amide bonds. The monoisotopic (exact) mass is 262 g/mol. The van der Waals surface area contributed by atoms with Crippen molar-refractivity contribution in [1.29, 1.82) is 0 Å². The minimum absolute atomic E-state index is 0.0294. The van der Waals surface area contributed by atoms with Gasteiger partial charge >= 0.3 is 5.97 Å². The number of fused-ring (bicyclic) bond motifs is 3. The normalized spacial score (nSPS) is 45.1. The zero-order chi connectivity index (χ0) is 13.9. The van der Waals surface area contributed by atoms with Gasteiger partial charge < -0.3 is 9.84 Å². The molecule has 4 nitrogen and oxygen atoms in total. The Hall–Kier alpha value is -1.42. The van der Waals surface area contributed by atoms with Gasteiger partial charge in [-0.1, -0.05) is 19.9 Å². The number of aliphatic hydroxyl groups is 1. The summed E-state index contributed by atoms with van der Waals surface area (Å²) < 4.78 is 5.46. The highest BCUT2D eigenvalue weighted by Gasteiger charge is 2.56. The van der Waals surface area contributed by atoms with Crippen LogP contribution in [0, 0.1) is 17.3 Å². The van der Waals surface area contributed by atoms with E-state index in [0.717, 1.165) is 5.57 Å². The van der Waals surface area contributed by atoms with Gasteiger partial charge in [0.05, 0.1) is 12.0 Å². The number of ketones is 1. The third kappa shape index (κ3) is 1.56. The maximum atomic E-state index is 11.9. The van der Waals surface area contributed by atoms with Crippen molar-refractivity contribution in [2.75, 3.05) is 0 Å². The van der Waals surface area contributed by atoms with E-state index in [9.17, 15) is 14.7 Å². The molecule has 3 rings (SSSR count). The van der Waals surface area contributed by atoms with Crippen molar-refractivity contribution in [3.05, 3.63) is 23.3 Å². The summed E-state index contributed by atoms with van der Waals surface area (Å²) >= 11 is 0. The SMILES string of the molecule is CC1=C2[C@H]3OC(=O)[C@@H](C)[C@@H]3[C@@H](O)C[C@@]2(C)C=CC1=O. The summed E-state index contributed by atoms with van der Waals surface area (Å²) in [7, 11) is 0. The Morgan fingerprint density at radius 2 is 2.11 bits per heavy atom. The van der Waals surface area contributed by atoms with E-state index in [1.54, 1.807) is 19.9 Å². The van der Waals surface area contributed by atoms with E-state index < -0.39 is 12.2 Å². The molecule has 3 aliphatic rings. The first kappa shape index (κ1) is 12.6. The first-order valence-corrected chi connectivity index (χ1v) is 6.68. The zero-order valence-electron chi connectivity index (χ0n) is 11.3. The van der Waals surface area contributed by atoms with Gasteiger partial charge in [-0.25, -0.2) is 0 Å². The van der Waals surface area contributed by atoms with Gasteiger partial charge in [0, 0.05) is 16.9 Å². The lowest BCUT2D eigenvalue weighted by Gasteiger charge is -2.45. The van der Waals surface area contributed by atoms with Gasteiger partial charge in [0.2, 0.25) is 0 Å². The molecule has 4 heteroatoms. The molecule has 0 unspecified atom stereocenters. The van der Waals surface area contributed by atoms with Crippen molar-refractivity contribution >= 4 is 11.8 Å². The molecule has 0 aromatic carbocycles. The maximum absolute atomic E-state index is 11.9. The summed E-state index contributed by atoms with van der Waals surface area (Å²) in [5, 5.41) is 10.4. The third-order valence-corrected chi connectivity index (χ3v) is 4.90. The fraction of sp³-hybridized carbons (Fsp3) is 0.600. The van der Waals surface area contributed by atoms with Crippen LogP contribution in [0.4, 0.5) is 0 Å². The molecule has 0 bridgehead atoms. The zero-order valence-corrected chi connectivity index (χ0v) is 11.3. The van der Waals surface area contributed by atoms with E-state index in [1.165, 1.54) is 0 Å². The van der Waals surface area contributed by atoms with Crippen molar-refractivity contribution in [3.8, 4) is 0 Å². The fourth-order valence-electron chi connectivity index (χ4n) is 3.84. The first-order chi connectivity index (χ1) is 8.85. The number of rotatable bonds is 0. The van der Waals surface area contributed by atoms with Crippen LogP contribution in [0.25, 0.3) is 0 Å². The van der Waals surface area contributed by atoms with Crippen LogP contribution in [0.3, 0.4) is 0 Å². The molecule has 0 radical (unpaired) electrons. The van der Waals surface area contributed by atoms with E-state index in [-0.39, 0.29) is 29.0 Å². The molecule has 19 heavy (non-hydrogen) atoms. The van der Waals surface area contributed by atoms with Crippen LogP contribution < -0.4 is 0 Å². The molecule has 0 spiro atoms. The van der Waals surface area contributed by atoms with Gasteiger partial charge in [0.25, 0.3) is 0 Å². The van der Waals surface area contributed by atoms with Gasteiger partial charge in [-0.05, 0) is 25.0 Å². The maximum Gasteiger partial charge on any atom is 0.309 e. The molecule has 1 saturated heterocycles.